The normalized spacial score (nSPS) is 15.8. The van der Waals surface area contributed by atoms with Crippen molar-refractivity contribution in [2.24, 2.45) is 4.99 Å². The molecule has 1 fully saturated rings. The molecule has 2 heterocycles. The zero-order chi connectivity index (χ0) is 22.8. The summed E-state index contributed by atoms with van der Waals surface area (Å²) >= 11 is 0. The van der Waals surface area contributed by atoms with Gasteiger partial charge in [0, 0.05) is 57.8 Å². The van der Waals surface area contributed by atoms with Crippen LogP contribution in [0.4, 0.5) is 0 Å². The van der Waals surface area contributed by atoms with Crippen LogP contribution in [0, 0.1) is 0 Å². The molecule has 0 bridgehead atoms. The standard InChI is InChI=1S/C25H40N6O/c1-5-23-22(24(6-2)32-29-23)18-28-25(26-7-3)27-17-20-11-9-10-12-21(20)19-31-15-13-30(8-4)14-16-31/h9-12H,5-8,13-19H2,1-4H3,(H2,26,27,28). The van der Waals surface area contributed by atoms with E-state index in [4.69, 9.17) is 9.52 Å². The van der Waals surface area contributed by atoms with Gasteiger partial charge in [-0.25, -0.2) is 4.99 Å². The van der Waals surface area contributed by atoms with Crippen molar-refractivity contribution in [1.29, 1.82) is 0 Å². The summed E-state index contributed by atoms with van der Waals surface area (Å²) in [5.74, 6) is 1.78. The summed E-state index contributed by atoms with van der Waals surface area (Å²) in [6.45, 7) is 17.4. The molecule has 1 aromatic heterocycles. The molecular weight excluding hydrogens is 400 g/mol. The maximum Gasteiger partial charge on any atom is 0.191 e. The molecule has 1 aliphatic heterocycles. The van der Waals surface area contributed by atoms with Gasteiger partial charge in [0.1, 0.15) is 5.76 Å². The summed E-state index contributed by atoms with van der Waals surface area (Å²) in [4.78, 5) is 9.97. The Kier molecular flexibility index (Phi) is 9.56. The summed E-state index contributed by atoms with van der Waals surface area (Å²) in [6, 6.07) is 8.70. The average Bonchev–Trinajstić information content (AvgIpc) is 3.24. The highest BCUT2D eigenvalue weighted by Crippen LogP contribution is 2.16. The molecule has 0 spiro atoms. The topological polar surface area (TPSA) is 68.9 Å². The predicted octanol–water partition coefficient (Wildman–Crippen LogP) is 3.19. The van der Waals surface area contributed by atoms with Gasteiger partial charge in [-0.3, -0.25) is 4.90 Å². The van der Waals surface area contributed by atoms with Crippen LogP contribution in [0.1, 0.15) is 55.8 Å². The number of nitrogens with zero attached hydrogens (tertiary/aromatic N) is 4. The van der Waals surface area contributed by atoms with Crippen LogP contribution in [0.2, 0.25) is 0 Å². The Balaban J connectivity index is 1.64. The van der Waals surface area contributed by atoms with Gasteiger partial charge in [0.25, 0.3) is 0 Å². The molecule has 0 radical (unpaired) electrons. The van der Waals surface area contributed by atoms with E-state index in [1.54, 1.807) is 0 Å². The minimum Gasteiger partial charge on any atom is -0.361 e. The van der Waals surface area contributed by atoms with Crippen LogP contribution in [0.3, 0.4) is 0 Å². The van der Waals surface area contributed by atoms with Crippen LogP contribution in [0.5, 0.6) is 0 Å². The smallest absolute Gasteiger partial charge is 0.191 e. The number of nitrogens with one attached hydrogen (secondary N) is 2. The molecule has 2 N–H and O–H groups in total. The average molecular weight is 441 g/mol. The Hall–Kier alpha value is -2.38. The predicted molar refractivity (Wildman–Crippen MR) is 131 cm³/mol. The fourth-order valence-corrected chi connectivity index (χ4v) is 4.19. The number of hydrogen-bond donors (Lipinski definition) is 2. The second-order valence-electron chi connectivity index (χ2n) is 8.27. The molecule has 0 saturated carbocycles. The first-order chi connectivity index (χ1) is 15.7. The van der Waals surface area contributed by atoms with Crippen LogP contribution in [-0.4, -0.2) is 60.2 Å². The van der Waals surface area contributed by atoms with E-state index in [0.29, 0.717) is 13.1 Å². The Morgan fingerprint density at radius 3 is 2.34 bits per heavy atom. The van der Waals surface area contributed by atoms with E-state index in [2.05, 4.69) is 77.6 Å². The van der Waals surface area contributed by atoms with Crippen molar-refractivity contribution < 1.29 is 4.52 Å². The van der Waals surface area contributed by atoms with Crippen molar-refractivity contribution in [3.63, 3.8) is 0 Å². The van der Waals surface area contributed by atoms with E-state index in [-0.39, 0.29) is 0 Å². The van der Waals surface area contributed by atoms with Crippen molar-refractivity contribution >= 4 is 5.96 Å². The van der Waals surface area contributed by atoms with Gasteiger partial charge in [-0.2, -0.15) is 0 Å². The first kappa shape index (κ1) is 24.3. The maximum absolute atomic E-state index is 5.50. The van der Waals surface area contributed by atoms with Crippen molar-refractivity contribution in [2.75, 3.05) is 39.3 Å². The summed E-state index contributed by atoms with van der Waals surface area (Å²) in [5.41, 5.74) is 4.85. The lowest BCUT2D eigenvalue weighted by atomic mass is 10.1. The highest BCUT2D eigenvalue weighted by Gasteiger charge is 2.17. The Labute approximate surface area is 193 Å². The lowest BCUT2D eigenvalue weighted by Gasteiger charge is -2.34. The molecule has 1 aromatic carbocycles. The molecule has 176 valence electrons. The van der Waals surface area contributed by atoms with Crippen molar-refractivity contribution in [3.8, 4) is 0 Å². The van der Waals surface area contributed by atoms with E-state index >= 15 is 0 Å². The first-order valence-corrected chi connectivity index (χ1v) is 12.2. The number of piperazine rings is 1. The molecule has 0 aliphatic carbocycles. The molecule has 1 aliphatic rings. The molecule has 0 amide bonds. The molecule has 2 aromatic rings. The highest BCUT2D eigenvalue weighted by molar-refractivity contribution is 5.79. The van der Waals surface area contributed by atoms with E-state index < -0.39 is 0 Å². The number of aryl methyl sites for hydroxylation is 2. The number of aliphatic imine (C=N–C) groups is 1. The SMILES string of the molecule is CCNC(=NCc1ccccc1CN1CCN(CC)CC1)NCc1c(CC)noc1CC. The van der Waals surface area contributed by atoms with Gasteiger partial charge in [-0.15, -0.1) is 0 Å². The van der Waals surface area contributed by atoms with Gasteiger partial charge < -0.3 is 20.1 Å². The second kappa shape index (κ2) is 12.6. The summed E-state index contributed by atoms with van der Waals surface area (Å²) in [7, 11) is 0. The Morgan fingerprint density at radius 1 is 0.969 bits per heavy atom. The van der Waals surface area contributed by atoms with Gasteiger partial charge in [0.15, 0.2) is 5.96 Å². The van der Waals surface area contributed by atoms with E-state index in [9.17, 15) is 0 Å². The van der Waals surface area contributed by atoms with Gasteiger partial charge >= 0.3 is 0 Å². The number of aromatic nitrogens is 1. The van der Waals surface area contributed by atoms with Crippen molar-refractivity contribution in [3.05, 3.63) is 52.4 Å². The lowest BCUT2D eigenvalue weighted by molar-refractivity contribution is 0.131. The summed E-state index contributed by atoms with van der Waals surface area (Å²) in [5, 5.41) is 11.1. The Bertz CT molecular complexity index is 832. The fourth-order valence-electron chi connectivity index (χ4n) is 4.19. The molecule has 3 rings (SSSR count). The monoisotopic (exact) mass is 440 g/mol. The van der Waals surface area contributed by atoms with Crippen LogP contribution in [-0.2, 0) is 32.5 Å². The maximum atomic E-state index is 5.50. The number of guanidine groups is 1. The summed E-state index contributed by atoms with van der Waals surface area (Å²) in [6.07, 6.45) is 1.71. The molecule has 32 heavy (non-hydrogen) atoms. The fraction of sp³-hybridized carbons (Fsp3) is 0.600. The van der Waals surface area contributed by atoms with Crippen molar-refractivity contribution in [2.45, 2.75) is 60.2 Å². The largest absolute Gasteiger partial charge is 0.361 e. The van der Waals surface area contributed by atoms with Gasteiger partial charge in [-0.05, 0) is 31.0 Å². The van der Waals surface area contributed by atoms with Gasteiger partial charge in [0.2, 0.25) is 0 Å². The lowest BCUT2D eigenvalue weighted by Crippen LogP contribution is -2.45. The zero-order valence-corrected chi connectivity index (χ0v) is 20.3. The Morgan fingerprint density at radius 2 is 1.69 bits per heavy atom. The first-order valence-electron chi connectivity index (χ1n) is 12.2. The third kappa shape index (κ3) is 6.56. The van der Waals surface area contributed by atoms with Crippen LogP contribution >= 0.6 is 0 Å². The highest BCUT2D eigenvalue weighted by atomic mass is 16.5. The van der Waals surface area contributed by atoms with E-state index in [1.165, 1.54) is 11.1 Å². The minimum absolute atomic E-state index is 0.658. The van der Waals surface area contributed by atoms with E-state index in [1.807, 2.05) is 0 Å². The van der Waals surface area contributed by atoms with E-state index in [0.717, 1.165) is 81.6 Å². The zero-order valence-electron chi connectivity index (χ0n) is 20.3. The van der Waals surface area contributed by atoms with Crippen LogP contribution in [0.15, 0.2) is 33.8 Å². The third-order valence-electron chi connectivity index (χ3n) is 6.22. The number of rotatable bonds is 10. The third-order valence-corrected chi connectivity index (χ3v) is 6.22. The molecule has 0 unspecified atom stereocenters. The molecule has 7 heteroatoms. The number of hydrogen-bond acceptors (Lipinski definition) is 5. The quantitative estimate of drug-likeness (QED) is 0.437. The second-order valence-corrected chi connectivity index (χ2v) is 8.27. The van der Waals surface area contributed by atoms with Gasteiger partial charge in [0.05, 0.1) is 12.2 Å². The summed E-state index contributed by atoms with van der Waals surface area (Å²) < 4.78 is 5.50. The molecule has 0 atom stereocenters. The van der Waals surface area contributed by atoms with Crippen LogP contribution < -0.4 is 10.6 Å². The van der Waals surface area contributed by atoms with Crippen molar-refractivity contribution in [1.82, 2.24) is 25.6 Å². The number of benzene rings is 1. The molecule has 7 nitrogen and oxygen atoms in total. The molecular formula is C25H40N6O. The number of likely N-dealkylation sites (N-methyl/N-ethyl adjacent to an activating group) is 1. The minimum atomic E-state index is 0.658. The molecule has 1 saturated heterocycles. The van der Waals surface area contributed by atoms with Gasteiger partial charge in [-0.1, -0.05) is 50.2 Å². The van der Waals surface area contributed by atoms with Crippen LogP contribution in [0.25, 0.3) is 0 Å².